The predicted molar refractivity (Wildman–Crippen MR) is 69.0 cm³/mol. The van der Waals surface area contributed by atoms with Crippen LogP contribution in [0.2, 0.25) is 0 Å². The molecule has 1 N–H and O–H groups in total. The van der Waals surface area contributed by atoms with Gasteiger partial charge in [-0.05, 0) is 42.0 Å². The Kier molecular flexibility index (Phi) is 3.74. The number of rotatable bonds is 3. The first-order valence-electron chi connectivity index (χ1n) is 5.17. The summed E-state index contributed by atoms with van der Waals surface area (Å²) < 4.78 is 1.11. The number of hydrogen-bond donors (Lipinski definition) is 1. The molecule has 5 heteroatoms. The van der Waals surface area contributed by atoms with Crippen LogP contribution < -0.4 is 10.2 Å². The molecule has 1 unspecified atom stereocenters. The first-order valence-corrected chi connectivity index (χ1v) is 6.25. The molecular formula is C10H15IN4. The molecule has 0 bridgehead atoms. The standard InChI is InChI=1S/C10H15IN4/c1-15(6-8-3-2-4-13-8)10-9(11)5-12-7-14-10/h5,7-8,13H,2-4,6H2,1H3. The summed E-state index contributed by atoms with van der Waals surface area (Å²) in [6.07, 6.45) is 6.02. The minimum absolute atomic E-state index is 0.612. The third-order valence-electron chi connectivity index (χ3n) is 2.67. The molecule has 1 aromatic heterocycles. The van der Waals surface area contributed by atoms with Crippen molar-refractivity contribution in [3.8, 4) is 0 Å². The van der Waals surface area contributed by atoms with E-state index in [-0.39, 0.29) is 0 Å². The summed E-state index contributed by atoms with van der Waals surface area (Å²) >= 11 is 2.28. The number of halogens is 1. The maximum atomic E-state index is 4.30. The number of hydrogen-bond acceptors (Lipinski definition) is 4. The van der Waals surface area contributed by atoms with Crippen LogP contribution in [0, 0.1) is 3.57 Å². The minimum atomic E-state index is 0.612. The van der Waals surface area contributed by atoms with Crippen molar-refractivity contribution in [2.75, 3.05) is 25.0 Å². The summed E-state index contributed by atoms with van der Waals surface area (Å²) in [7, 11) is 2.09. The topological polar surface area (TPSA) is 41.0 Å². The van der Waals surface area contributed by atoms with E-state index >= 15 is 0 Å². The van der Waals surface area contributed by atoms with Gasteiger partial charge in [0.1, 0.15) is 12.1 Å². The van der Waals surface area contributed by atoms with Crippen LogP contribution in [0.3, 0.4) is 0 Å². The Bertz CT molecular complexity index is 325. The zero-order valence-corrected chi connectivity index (χ0v) is 10.9. The normalized spacial score (nSPS) is 20.5. The molecule has 0 amide bonds. The van der Waals surface area contributed by atoms with Crippen molar-refractivity contribution in [3.05, 3.63) is 16.1 Å². The van der Waals surface area contributed by atoms with E-state index in [4.69, 9.17) is 0 Å². The van der Waals surface area contributed by atoms with Gasteiger partial charge in [0.25, 0.3) is 0 Å². The Morgan fingerprint density at radius 2 is 2.53 bits per heavy atom. The van der Waals surface area contributed by atoms with E-state index in [0.717, 1.165) is 22.5 Å². The van der Waals surface area contributed by atoms with Crippen LogP contribution in [0.25, 0.3) is 0 Å². The monoisotopic (exact) mass is 318 g/mol. The second-order valence-electron chi connectivity index (χ2n) is 3.87. The lowest BCUT2D eigenvalue weighted by molar-refractivity contribution is 0.596. The summed E-state index contributed by atoms with van der Waals surface area (Å²) in [6, 6.07) is 0.612. The van der Waals surface area contributed by atoms with Gasteiger partial charge in [0.2, 0.25) is 0 Å². The average molecular weight is 318 g/mol. The number of anilines is 1. The van der Waals surface area contributed by atoms with Crippen molar-refractivity contribution in [3.63, 3.8) is 0 Å². The van der Waals surface area contributed by atoms with Gasteiger partial charge >= 0.3 is 0 Å². The summed E-state index contributed by atoms with van der Waals surface area (Å²) in [4.78, 5) is 10.5. The van der Waals surface area contributed by atoms with Crippen LogP contribution in [-0.4, -0.2) is 36.1 Å². The van der Waals surface area contributed by atoms with E-state index < -0.39 is 0 Å². The maximum Gasteiger partial charge on any atom is 0.145 e. The highest BCUT2D eigenvalue weighted by atomic mass is 127. The second-order valence-corrected chi connectivity index (χ2v) is 5.03. The Hall–Kier alpha value is -0.430. The molecule has 2 rings (SSSR count). The maximum absolute atomic E-state index is 4.30. The van der Waals surface area contributed by atoms with Crippen LogP contribution in [0.5, 0.6) is 0 Å². The smallest absolute Gasteiger partial charge is 0.145 e. The molecule has 1 saturated heterocycles. The Labute approximate surface area is 104 Å². The highest BCUT2D eigenvalue weighted by Crippen LogP contribution is 2.18. The number of likely N-dealkylation sites (N-methyl/N-ethyl adjacent to an activating group) is 1. The number of aromatic nitrogens is 2. The average Bonchev–Trinajstić information content (AvgIpc) is 2.71. The predicted octanol–water partition coefficient (Wildman–Crippen LogP) is 1.27. The molecule has 1 aliphatic rings. The Morgan fingerprint density at radius 1 is 1.67 bits per heavy atom. The van der Waals surface area contributed by atoms with Crippen molar-refractivity contribution in [2.24, 2.45) is 0 Å². The molecule has 0 aliphatic carbocycles. The highest BCUT2D eigenvalue weighted by Gasteiger charge is 2.17. The first kappa shape index (κ1) is 11.1. The number of nitrogens with one attached hydrogen (secondary N) is 1. The molecule has 2 heterocycles. The lowest BCUT2D eigenvalue weighted by Crippen LogP contribution is -2.36. The van der Waals surface area contributed by atoms with Crippen LogP contribution in [0.15, 0.2) is 12.5 Å². The molecule has 0 radical (unpaired) electrons. The molecule has 4 nitrogen and oxygen atoms in total. The highest BCUT2D eigenvalue weighted by molar-refractivity contribution is 14.1. The largest absolute Gasteiger partial charge is 0.357 e. The van der Waals surface area contributed by atoms with E-state index in [0.29, 0.717) is 6.04 Å². The van der Waals surface area contributed by atoms with E-state index in [9.17, 15) is 0 Å². The van der Waals surface area contributed by atoms with E-state index in [2.05, 4.69) is 49.8 Å². The van der Waals surface area contributed by atoms with Crippen molar-refractivity contribution >= 4 is 28.4 Å². The van der Waals surface area contributed by atoms with Crippen LogP contribution >= 0.6 is 22.6 Å². The van der Waals surface area contributed by atoms with Gasteiger partial charge < -0.3 is 10.2 Å². The summed E-state index contributed by atoms with van der Waals surface area (Å²) in [6.45, 7) is 2.17. The van der Waals surface area contributed by atoms with E-state index in [1.165, 1.54) is 12.8 Å². The lowest BCUT2D eigenvalue weighted by atomic mass is 10.2. The van der Waals surface area contributed by atoms with Gasteiger partial charge in [0, 0.05) is 25.8 Å². The molecule has 0 aromatic carbocycles. The molecule has 1 aliphatic heterocycles. The summed E-state index contributed by atoms with van der Waals surface area (Å²) in [5.74, 6) is 1.03. The fourth-order valence-electron chi connectivity index (χ4n) is 1.92. The van der Waals surface area contributed by atoms with Gasteiger partial charge in [-0.1, -0.05) is 0 Å². The molecular weight excluding hydrogens is 303 g/mol. The molecule has 1 aromatic rings. The van der Waals surface area contributed by atoms with Crippen LogP contribution in [0.4, 0.5) is 5.82 Å². The second kappa shape index (κ2) is 5.07. The molecule has 0 spiro atoms. The number of nitrogens with zero attached hydrogens (tertiary/aromatic N) is 3. The van der Waals surface area contributed by atoms with Gasteiger partial charge in [-0.3, -0.25) is 0 Å². The van der Waals surface area contributed by atoms with E-state index in [1.54, 1.807) is 6.33 Å². The van der Waals surface area contributed by atoms with Gasteiger partial charge in [0.15, 0.2) is 0 Å². The van der Waals surface area contributed by atoms with Crippen LogP contribution in [-0.2, 0) is 0 Å². The molecule has 1 atom stereocenters. The van der Waals surface area contributed by atoms with Crippen molar-refractivity contribution in [1.29, 1.82) is 0 Å². The quantitative estimate of drug-likeness (QED) is 0.852. The fraction of sp³-hybridized carbons (Fsp3) is 0.600. The van der Waals surface area contributed by atoms with Gasteiger partial charge in [-0.25, -0.2) is 9.97 Å². The van der Waals surface area contributed by atoms with Gasteiger partial charge in [-0.15, -0.1) is 0 Å². The molecule has 82 valence electrons. The molecule has 0 saturated carbocycles. The lowest BCUT2D eigenvalue weighted by Gasteiger charge is -2.22. The summed E-state index contributed by atoms with van der Waals surface area (Å²) in [5, 5.41) is 3.49. The molecule has 1 fully saturated rings. The van der Waals surface area contributed by atoms with E-state index in [1.807, 2.05) is 6.20 Å². The zero-order valence-electron chi connectivity index (χ0n) is 8.78. The van der Waals surface area contributed by atoms with Crippen molar-refractivity contribution in [2.45, 2.75) is 18.9 Å². The first-order chi connectivity index (χ1) is 7.27. The van der Waals surface area contributed by atoms with Gasteiger partial charge in [0.05, 0.1) is 3.57 Å². The fourth-order valence-corrected chi connectivity index (χ4v) is 2.63. The third-order valence-corrected chi connectivity index (χ3v) is 3.43. The Morgan fingerprint density at radius 3 is 3.20 bits per heavy atom. The van der Waals surface area contributed by atoms with Crippen molar-refractivity contribution < 1.29 is 0 Å². The van der Waals surface area contributed by atoms with Crippen molar-refractivity contribution in [1.82, 2.24) is 15.3 Å². The molecule has 15 heavy (non-hydrogen) atoms. The zero-order chi connectivity index (χ0) is 10.7. The van der Waals surface area contributed by atoms with Gasteiger partial charge in [-0.2, -0.15) is 0 Å². The third kappa shape index (κ3) is 2.78. The Balaban J connectivity index is 2.00. The summed E-state index contributed by atoms with van der Waals surface area (Å²) in [5.41, 5.74) is 0. The minimum Gasteiger partial charge on any atom is -0.357 e. The van der Waals surface area contributed by atoms with Crippen LogP contribution in [0.1, 0.15) is 12.8 Å². The SMILES string of the molecule is CN(CC1CCCN1)c1ncncc1I.